The molecule has 0 amide bonds. The maximum absolute atomic E-state index is 5.29. The van der Waals surface area contributed by atoms with Crippen LogP contribution in [0.5, 0.6) is 11.5 Å². The van der Waals surface area contributed by atoms with E-state index in [9.17, 15) is 0 Å². The van der Waals surface area contributed by atoms with Crippen LogP contribution in [0.25, 0.3) is 0 Å². The standard InChI is InChI=1S/C13H15NO3/c1-15-11-3-4-12(13(7-11)16-2)14-8-10-5-6-17-9-10/h3-7,9,14H,8H2,1-2H3. The second-order valence-electron chi connectivity index (χ2n) is 3.55. The van der Waals surface area contributed by atoms with Crippen LogP contribution >= 0.6 is 0 Å². The topological polar surface area (TPSA) is 43.6 Å². The zero-order valence-corrected chi connectivity index (χ0v) is 9.90. The first kappa shape index (κ1) is 11.4. The van der Waals surface area contributed by atoms with Crippen molar-refractivity contribution in [2.24, 2.45) is 0 Å². The number of hydrogen-bond acceptors (Lipinski definition) is 4. The van der Waals surface area contributed by atoms with Gasteiger partial charge in [-0.3, -0.25) is 0 Å². The quantitative estimate of drug-likeness (QED) is 0.862. The molecule has 0 saturated carbocycles. The fourth-order valence-corrected chi connectivity index (χ4v) is 1.54. The highest BCUT2D eigenvalue weighted by molar-refractivity contribution is 5.59. The van der Waals surface area contributed by atoms with Crippen LogP contribution in [0.4, 0.5) is 5.69 Å². The lowest BCUT2D eigenvalue weighted by atomic mass is 10.2. The minimum Gasteiger partial charge on any atom is -0.497 e. The Morgan fingerprint density at radius 2 is 2.06 bits per heavy atom. The average molecular weight is 233 g/mol. The molecule has 4 heteroatoms. The SMILES string of the molecule is COc1ccc(NCc2ccoc2)c(OC)c1. The Bertz CT molecular complexity index is 466. The first-order valence-electron chi connectivity index (χ1n) is 5.30. The van der Waals surface area contributed by atoms with E-state index in [2.05, 4.69) is 5.32 Å². The van der Waals surface area contributed by atoms with E-state index in [0.717, 1.165) is 22.7 Å². The number of furan rings is 1. The van der Waals surface area contributed by atoms with E-state index in [-0.39, 0.29) is 0 Å². The summed E-state index contributed by atoms with van der Waals surface area (Å²) in [6.07, 6.45) is 3.37. The van der Waals surface area contributed by atoms with Gasteiger partial charge in [0.1, 0.15) is 11.5 Å². The van der Waals surface area contributed by atoms with Crippen LogP contribution in [0, 0.1) is 0 Å². The van der Waals surface area contributed by atoms with Crippen molar-refractivity contribution in [1.82, 2.24) is 0 Å². The van der Waals surface area contributed by atoms with Crippen LogP contribution in [-0.4, -0.2) is 14.2 Å². The Morgan fingerprint density at radius 3 is 2.71 bits per heavy atom. The van der Waals surface area contributed by atoms with Gasteiger partial charge >= 0.3 is 0 Å². The van der Waals surface area contributed by atoms with E-state index in [1.165, 1.54) is 0 Å². The lowest BCUT2D eigenvalue weighted by Gasteiger charge is -2.11. The highest BCUT2D eigenvalue weighted by atomic mass is 16.5. The first-order chi connectivity index (χ1) is 8.33. The van der Waals surface area contributed by atoms with E-state index in [4.69, 9.17) is 13.9 Å². The molecule has 0 bridgehead atoms. The second kappa shape index (κ2) is 5.30. The molecule has 17 heavy (non-hydrogen) atoms. The van der Waals surface area contributed by atoms with Crippen LogP contribution in [0.2, 0.25) is 0 Å². The molecule has 0 aliphatic rings. The summed E-state index contributed by atoms with van der Waals surface area (Å²) in [5.74, 6) is 1.53. The van der Waals surface area contributed by atoms with Gasteiger partial charge in [0, 0.05) is 18.2 Å². The summed E-state index contributed by atoms with van der Waals surface area (Å²) in [5.41, 5.74) is 2.01. The van der Waals surface area contributed by atoms with Crippen molar-refractivity contribution in [3.8, 4) is 11.5 Å². The summed E-state index contributed by atoms with van der Waals surface area (Å²) in [7, 11) is 3.27. The van der Waals surface area contributed by atoms with Crippen LogP contribution in [0.15, 0.2) is 41.2 Å². The summed E-state index contributed by atoms with van der Waals surface area (Å²) in [4.78, 5) is 0. The van der Waals surface area contributed by atoms with Crippen LogP contribution in [0.1, 0.15) is 5.56 Å². The average Bonchev–Trinajstić information content (AvgIpc) is 2.89. The molecule has 0 aliphatic heterocycles. The number of ether oxygens (including phenoxy) is 2. The van der Waals surface area contributed by atoms with E-state index >= 15 is 0 Å². The van der Waals surface area contributed by atoms with Gasteiger partial charge in [-0.2, -0.15) is 0 Å². The van der Waals surface area contributed by atoms with E-state index < -0.39 is 0 Å². The fourth-order valence-electron chi connectivity index (χ4n) is 1.54. The number of hydrogen-bond donors (Lipinski definition) is 1. The zero-order valence-electron chi connectivity index (χ0n) is 9.90. The normalized spacial score (nSPS) is 10.0. The molecule has 0 unspecified atom stereocenters. The molecule has 1 N–H and O–H groups in total. The van der Waals surface area contributed by atoms with Gasteiger partial charge in [-0.1, -0.05) is 0 Å². The Hall–Kier alpha value is -2.10. The van der Waals surface area contributed by atoms with Crippen LogP contribution in [-0.2, 0) is 6.54 Å². The van der Waals surface area contributed by atoms with Crippen molar-refractivity contribution in [2.45, 2.75) is 6.54 Å². The molecule has 2 rings (SSSR count). The zero-order chi connectivity index (χ0) is 12.1. The smallest absolute Gasteiger partial charge is 0.145 e. The molecule has 0 saturated heterocycles. The molecular formula is C13H15NO3. The van der Waals surface area contributed by atoms with Crippen molar-refractivity contribution in [3.05, 3.63) is 42.4 Å². The summed E-state index contributed by atoms with van der Waals surface area (Å²) in [6.45, 7) is 0.694. The van der Waals surface area contributed by atoms with Gasteiger partial charge in [0.2, 0.25) is 0 Å². The molecule has 1 aromatic carbocycles. The van der Waals surface area contributed by atoms with Crippen molar-refractivity contribution >= 4 is 5.69 Å². The van der Waals surface area contributed by atoms with Gasteiger partial charge in [0.05, 0.1) is 32.4 Å². The minimum atomic E-state index is 0.694. The summed E-state index contributed by atoms with van der Waals surface area (Å²) in [5, 5.41) is 3.28. The second-order valence-corrected chi connectivity index (χ2v) is 3.55. The van der Waals surface area contributed by atoms with Crippen LogP contribution < -0.4 is 14.8 Å². The van der Waals surface area contributed by atoms with Crippen molar-refractivity contribution in [3.63, 3.8) is 0 Å². The predicted molar refractivity (Wildman–Crippen MR) is 65.6 cm³/mol. The lowest BCUT2D eigenvalue weighted by molar-refractivity contribution is 0.395. The molecule has 0 spiro atoms. The lowest BCUT2D eigenvalue weighted by Crippen LogP contribution is -2.00. The molecule has 0 radical (unpaired) electrons. The monoisotopic (exact) mass is 233 g/mol. The molecule has 4 nitrogen and oxygen atoms in total. The number of methoxy groups -OCH3 is 2. The number of benzene rings is 1. The van der Waals surface area contributed by atoms with Crippen molar-refractivity contribution < 1.29 is 13.9 Å². The number of nitrogens with one attached hydrogen (secondary N) is 1. The van der Waals surface area contributed by atoms with Gasteiger partial charge < -0.3 is 19.2 Å². The van der Waals surface area contributed by atoms with Gasteiger partial charge in [-0.05, 0) is 18.2 Å². The maximum Gasteiger partial charge on any atom is 0.145 e. The predicted octanol–water partition coefficient (Wildman–Crippen LogP) is 2.91. The summed E-state index contributed by atoms with van der Waals surface area (Å²) in [6, 6.07) is 7.58. The molecule has 0 fully saturated rings. The third-order valence-electron chi connectivity index (χ3n) is 2.47. The fraction of sp³-hybridized carbons (Fsp3) is 0.231. The molecule has 2 aromatic rings. The van der Waals surface area contributed by atoms with Gasteiger partial charge in [0.25, 0.3) is 0 Å². The number of rotatable bonds is 5. The highest BCUT2D eigenvalue weighted by Gasteiger charge is 2.04. The van der Waals surface area contributed by atoms with Crippen LogP contribution in [0.3, 0.4) is 0 Å². The van der Waals surface area contributed by atoms with Gasteiger partial charge in [-0.15, -0.1) is 0 Å². The largest absolute Gasteiger partial charge is 0.497 e. The Kier molecular flexibility index (Phi) is 3.55. The maximum atomic E-state index is 5.29. The van der Waals surface area contributed by atoms with Gasteiger partial charge in [0.15, 0.2) is 0 Å². The molecule has 90 valence electrons. The Balaban J connectivity index is 2.09. The third kappa shape index (κ3) is 2.72. The van der Waals surface area contributed by atoms with Crippen molar-refractivity contribution in [1.29, 1.82) is 0 Å². The van der Waals surface area contributed by atoms with E-state index in [1.807, 2.05) is 24.3 Å². The Morgan fingerprint density at radius 1 is 1.18 bits per heavy atom. The number of anilines is 1. The minimum absolute atomic E-state index is 0.694. The Labute approximate surface area is 100 Å². The molecular weight excluding hydrogens is 218 g/mol. The highest BCUT2D eigenvalue weighted by Crippen LogP contribution is 2.29. The molecule has 0 atom stereocenters. The molecule has 0 aliphatic carbocycles. The first-order valence-corrected chi connectivity index (χ1v) is 5.30. The molecule has 1 heterocycles. The van der Waals surface area contributed by atoms with Gasteiger partial charge in [-0.25, -0.2) is 0 Å². The summed E-state index contributed by atoms with van der Waals surface area (Å²) >= 11 is 0. The summed E-state index contributed by atoms with van der Waals surface area (Å²) < 4.78 is 15.4. The third-order valence-corrected chi connectivity index (χ3v) is 2.47. The van der Waals surface area contributed by atoms with E-state index in [1.54, 1.807) is 26.7 Å². The molecule has 1 aromatic heterocycles. The van der Waals surface area contributed by atoms with E-state index in [0.29, 0.717) is 6.54 Å². The van der Waals surface area contributed by atoms with Crippen molar-refractivity contribution in [2.75, 3.05) is 19.5 Å².